The highest BCUT2D eigenvalue weighted by Crippen LogP contribution is 2.32. The second-order valence-corrected chi connectivity index (χ2v) is 5.93. The number of fused-ring (bicyclic) bond motifs is 1. The van der Waals surface area contributed by atoms with E-state index in [1.807, 2.05) is 12.1 Å². The second-order valence-electron chi connectivity index (χ2n) is 5.53. The molecule has 22 heavy (non-hydrogen) atoms. The molecule has 5 heteroatoms. The van der Waals surface area contributed by atoms with Gasteiger partial charge in [0, 0.05) is 34.4 Å². The van der Waals surface area contributed by atoms with Gasteiger partial charge in [0.05, 0.1) is 5.02 Å². The van der Waals surface area contributed by atoms with Crippen LogP contribution in [0.15, 0.2) is 36.5 Å². The molecule has 2 heterocycles. The van der Waals surface area contributed by atoms with Crippen molar-refractivity contribution in [2.45, 2.75) is 26.4 Å². The second kappa shape index (κ2) is 5.97. The van der Waals surface area contributed by atoms with Crippen LogP contribution in [0.2, 0.25) is 5.02 Å². The monoisotopic (exact) mass is 318 g/mol. The molecular weight excluding hydrogens is 303 g/mol. The van der Waals surface area contributed by atoms with Crippen LogP contribution in [0.25, 0.3) is 10.9 Å². The number of nitrogens with one attached hydrogen (secondary N) is 1. The molecule has 3 aromatic rings. The van der Waals surface area contributed by atoms with Crippen LogP contribution in [0.1, 0.15) is 31.0 Å². The van der Waals surface area contributed by atoms with Crippen molar-refractivity contribution in [2.75, 3.05) is 0 Å². The maximum atomic E-state index is 12.8. The van der Waals surface area contributed by atoms with Crippen LogP contribution in [0.4, 0.5) is 4.39 Å². The molecule has 0 saturated heterocycles. The summed E-state index contributed by atoms with van der Waals surface area (Å²) in [5.74, 6) is 0.507. The topological polar surface area (TPSA) is 37.9 Å². The Morgan fingerprint density at radius 3 is 2.77 bits per heavy atom. The summed E-state index contributed by atoms with van der Waals surface area (Å²) >= 11 is 6.27. The molecule has 114 valence electrons. The van der Waals surface area contributed by atoms with E-state index in [-0.39, 0.29) is 6.61 Å². The van der Waals surface area contributed by atoms with Crippen LogP contribution >= 0.6 is 11.6 Å². The number of hydrogen-bond donors (Lipinski definition) is 1. The van der Waals surface area contributed by atoms with Crippen molar-refractivity contribution in [1.82, 2.24) is 9.97 Å². The number of benzene rings is 1. The molecule has 3 nitrogen and oxygen atoms in total. The molecule has 0 radical (unpaired) electrons. The summed E-state index contributed by atoms with van der Waals surface area (Å²) in [6, 6.07) is 8.82. The molecule has 0 saturated carbocycles. The minimum Gasteiger partial charge on any atom is -0.487 e. The highest BCUT2D eigenvalue weighted by Gasteiger charge is 2.09. The number of hydrogen-bond acceptors (Lipinski definition) is 2. The quantitative estimate of drug-likeness (QED) is 0.683. The summed E-state index contributed by atoms with van der Waals surface area (Å²) in [7, 11) is 0. The van der Waals surface area contributed by atoms with Gasteiger partial charge in [-0.2, -0.15) is 4.39 Å². The van der Waals surface area contributed by atoms with Crippen LogP contribution in [-0.2, 0) is 6.61 Å². The lowest BCUT2D eigenvalue weighted by Crippen LogP contribution is -1.97. The first-order valence-corrected chi connectivity index (χ1v) is 7.46. The van der Waals surface area contributed by atoms with Gasteiger partial charge in [-0.3, -0.25) is 0 Å². The van der Waals surface area contributed by atoms with Crippen LogP contribution in [-0.4, -0.2) is 9.97 Å². The van der Waals surface area contributed by atoms with E-state index >= 15 is 0 Å². The number of aromatic nitrogens is 2. The molecule has 0 aliphatic rings. The van der Waals surface area contributed by atoms with E-state index < -0.39 is 5.95 Å². The molecule has 0 bridgehead atoms. The van der Waals surface area contributed by atoms with Crippen LogP contribution in [0.3, 0.4) is 0 Å². The Bertz CT molecular complexity index is 796. The lowest BCUT2D eigenvalue weighted by molar-refractivity contribution is 0.306. The zero-order chi connectivity index (χ0) is 15.7. The standard InChI is InChI=1S/C17H16ClFN2O/c1-10(2)14-6-12-5-13(18)16(7-15(12)21-14)22-9-11-3-4-17(19)20-8-11/h3-8,10,21H,9H2,1-2H3. The van der Waals surface area contributed by atoms with Crippen molar-refractivity contribution in [1.29, 1.82) is 0 Å². The largest absolute Gasteiger partial charge is 0.487 e. The number of halogens is 2. The van der Waals surface area contributed by atoms with Gasteiger partial charge in [0.1, 0.15) is 12.4 Å². The molecule has 1 aromatic carbocycles. The van der Waals surface area contributed by atoms with Gasteiger partial charge < -0.3 is 9.72 Å². The highest BCUT2D eigenvalue weighted by atomic mass is 35.5. The number of nitrogens with zero attached hydrogens (tertiary/aromatic N) is 1. The van der Waals surface area contributed by atoms with Crippen LogP contribution in [0, 0.1) is 5.95 Å². The third-order valence-corrected chi connectivity index (χ3v) is 3.79. The van der Waals surface area contributed by atoms with E-state index in [4.69, 9.17) is 16.3 Å². The number of ether oxygens (including phenoxy) is 1. The summed E-state index contributed by atoms with van der Waals surface area (Å²) < 4.78 is 18.5. The number of H-pyrrole nitrogens is 1. The Hall–Kier alpha value is -2.07. The van der Waals surface area contributed by atoms with Crippen molar-refractivity contribution >= 4 is 22.5 Å². The number of pyridine rings is 1. The summed E-state index contributed by atoms with van der Waals surface area (Å²) in [4.78, 5) is 6.97. The van der Waals surface area contributed by atoms with E-state index in [1.165, 1.54) is 12.3 Å². The average Bonchev–Trinajstić information content (AvgIpc) is 2.89. The van der Waals surface area contributed by atoms with Gasteiger partial charge >= 0.3 is 0 Å². The highest BCUT2D eigenvalue weighted by molar-refractivity contribution is 6.32. The molecule has 3 rings (SSSR count). The third-order valence-electron chi connectivity index (χ3n) is 3.50. The predicted molar refractivity (Wildman–Crippen MR) is 85.9 cm³/mol. The Morgan fingerprint density at radius 1 is 1.27 bits per heavy atom. The van der Waals surface area contributed by atoms with Gasteiger partial charge in [0.25, 0.3) is 0 Å². The van der Waals surface area contributed by atoms with E-state index in [0.29, 0.717) is 16.7 Å². The molecule has 2 aromatic heterocycles. The average molecular weight is 319 g/mol. The SMILES string of the molecule is CC(C)c1cc2cc(Cl)c(OCc3ccc(F)nc3)cc2[nH]1. The molecule has 0 unspecified atom stereocenters. The molecule has 0 amide bonds. The molecule has 0 spiro atoms. The third kappa shape index (κ3) is 3.07. The lowest BCUT2D eigenvalue weighted by Gasteiger charge is -2.08. The van der Waals surface area contributed by atoms with Crippen molar-refractivity contribution < 1.29 is 9.13 Å². The smallest absolute Gasteiger partial charge is 0.212 e. The van der Waals surface area contributed by atoms with Gasteiger partial charge in [0.2, 0.25) is 5.95 Å². The molecule has 0 fully saturated rings. The number of rotatable bonds is 4. The minimum atomic E-state index is -0.504. The Kier molecular flexibility index (Phi) is 4.03. The van der Waals surface area contributed by atoms with E-state index in [0.717, 1.165) is 22.2 Å². The summed E-state index contributed by atoms with van der Waals surface area (Å²) in [5.41, 5.74) is 2.93. The van der Waals surface area contributed by atoms with Crippen molar-refractivity contribution in [2.24, 2.45) is 0 Å². The van der Waals surface area contributed by atoms with E-state index in [1.54, 1.807) is 6.07 Å². The van der Waals surface area contributed by atoms with E-state index in [9.17, 15) is 4.39 Å². The fraction of sp³-hybridized carbons (Fsp3) is 0.235. The summed E-state index contributed by atoms with van der Waals surface area (Å²) in [6.45, 7) is 4.55. The number of aromatic amines is 1. The van der Waals surface area contributed by atoms with Gasteiger partial charge in [-0.1, -0.05) is 25.4 Å². The van der Waals surface area contributed by atoms with Crippen LogP contribution < -0.4 is 4.74 Å². The lowest BCUT2D eigenvalue weighted by atomic mass is 10.1. The first-order valence-electron chi connectivity index (χ1n) is 7.08. The molecule has 1 N–H and O–H groups in total. The van der Waals surface area contributed by atoms with Crippen molar-refractivity contribution in [3.63, 3.8) is 0 Å². The van der Waals surface area contributed by atoms with E-state index in [2.05, 4.69) is 29.9 Å². The maximum Gasteiger partial charge on any atom is 0.212 e. The first-order chi connectivity index (χ1) is 10.5. The Labute approximate surface area is 133 Å². The molecule has 0 atom stereocenters. The fourth-order valence-corrected chi connectivity index (χ4v) is 2.46. The van der Waals surface area contributed by atoms with Crippen molar-refractivity contribution in [3.8, 4) is 5.75 Å². The van der Waals surface area contributed by atoms with Gasteiger partial charge in [-0.15, -0.1) is 0 Å². The van der Waals surface area contributed by atoms with Gasteiger partial charge in [-0.25, -0.2) is 4.98 Å². The fourth-order valence-electron chi connectivity index (χ4n) is 2.23. The predicted octanol–water partition coefficient (Wildman–Crippen LogP) is 5.06. The zero-order valence-electron chi connectivity index (χ0n) is 12.4. The Balaban J connectivity index is 1.83. The minimum absolute atomic E-state index is 0.288. The zero-order valence-corrected chi connectivity index (χ0v) is 13.1. The normalized spacial score (nSPS) is 11.3. The van der Waals surface area contributed by atoms with Crippen molar-refractivity contribution in [3.05, 3.63) is 58.8 Å². The van der Waals surface area contributed by atoms with Crippen LogP contribution in [0.5, 0.6) is 5.75 Å². The molecular formula is C17H16ClFN2O. The summed E-state index contributed by atoms with van der Waals surface area (Å²) in [5, 5.41) is 1.61. The molecule has 0 aliphatic carbocycles. The Morgan fingerprint density at radius 2 is 2.09 bits per heavy atom. The maximum absolute atomic E-state index is 12.8. The van der Waals surface area contributed by atoms with Gasteiger partial charge in [-0.05, 0) is 30.2 Å². The molecule has 0 aliphatic heterocycles. The van der Waals surface area contributed by atoms with Gasteiger partial charge in [0.15, 0.2) is 0 Å². The summed E-state index contributed by atoms with van der Waals surface area (Å²) in [6.07, 6.45) is 1.45. The first kappa shape index (κ1) is 14.9.